The van der Waals surface area contributed by atoms with Gasteiger partial charge in [0.05, 0.1) is 16.4 Å². The Hall–Kier alpha value is -2.80. The number of aryl methyl sites for hydroxylation is 1. The van der Waals surface area contributed by atoms with E-state index >= 15 is 0 Å². The molecule has 6 nitrogen and oxygen atoms in total. The number of hydrogen-bond acceptors (Lipinski definition) is 4. The van der Waals surface area contributed by atoms with Gasteiger partial charge in [0.15, 0.2) is 5.82 Å². The number of nitrogens with zero attached hydrogens (tertiary/aromatic N) is 4. The van der Waals surface area contributed by atoms with Gasteiger partial charge in [0.25, 0.3) is 5.91 Å². The highest BCUT2D eigenvalue weighted by atomic mass is 35.5. The molecule has 3 aromatic rings. The number of anilines is 1. The van der Waals surface area contributed by atoms with Crippen LogP contribution in [0.1, 0.15) is 15.9 Å². The maximum Gasteiger partial charge on any atom is 0.255 e. The summed E-state index contributed by atoms with van der Waals surface area (Å²) >= 11 is 5.70. The molecule has 0 saturated heterocycles. The third-order valence-electron chi connectivity index (χ3n) is 3.25. The fourth-order valence-electron chi connectivity index (χ4n) is 2.12. The molecular formula is C15H11ClFN5O. The molecule has 116 valence electrons. The molecule has 0 saturated carbocycles. The normalized spacial score (nSPS) is 10.6. The van der Waals surface area contributed by atoms with Crippen LogP contribution in [0.2, 0.25) is 5.02 Å². The Bertz CT molecular complexity index is 866. The van der Waals surface area contributed by atoms with Gasteiger partial charge in [-0.05, 0) is 53.2 Å². The van der Waals surface area contributed by atoms with Crippen LogP contribution in [0.3, 0.4) is 0 Å². The van der Waals surface area contributed by atoms with Crippen molar-refractivity contribution in [1.82, 2.24) is 20.2 Å². The number of carbonyl (C=O) groups is 1. The summed E-state index contributed by atoms with van der Waals surface area (Å²) in [5, 5.41) is 13.4. The summed E-state index contributed by atoms with van der Waals surface area (Å²) in [5.41, 5.74) is 1.97. The predicted octanol–water partition coefficient (Wildman–Crippen LogP) is 3.02. The monoisotopic (exact) mass is 331 g/mol. The SMILES string of the molecule is Cc1cc(C(=O)Nc2cccc(Cl)c2F)ccc1-n1cnnn1. The van der Waals surface area contributed by atoms with Crippen molar-refractivity contribution >= 4 is 23.2 Å². The molecule has 0 bridgehead atoms. The molecular weight excluding hydrogens is 321 g/mol. The summed E-state index contributed by atoms with van der Waals surface area (Å²) in [6.07, 6.45) is 1.46. The van der Waals surface area contributed by atoms with Crippen molar-refractivity contribution in [1.29, 1.82) is 0 Å². The number of nitrogens with one attached hydrogen (secondary N) is 1. The second kappa shape index (κ2) is 6.13. The number of carbonyl (C=O) groups excluding carboxylic acids is 1. The number of rotatable bonds is 3. The van der Waals surface area contributed by atoms with Crippen molar-refractivity contribution in [2.75, 3.05) is 5.32 Å². The zero-order valence-electron chi connectivity index (χ0n) is 12.0. The number of tetrazole rings is 1. The van der Waals surface area contributed by atoms with Crippen LogP contribution in [-0.2, 0) is 0 Å². The summed E-state index contributed by atoms with van der Waals surface area (Å²) in [6, 6.07) is 9.43. The van der Waals surface area contributed by atoms with Gasteiger partial charge in [-0.25, -0.2) is 9.07 Å². The van der Waals surface area contributed by atoms with E-state index in [0.29, 0.717) is 5.56 Å². The summed E-state index contributed by atoms with van der Waals surface area (Å²) < 4.78 is 15.3. The minimum absolute atomic E-state index is 0.0321. The zero-order chi connectivity index (χ0) is 16.4. The molecule has 0 unspecified atom stereocenters. The van der Waals surface area contributed by atoms with Gasteiger partial charge < -0.3 is 5.32 Å². The molecule has 1 N–H and O–H groups in total. The van der Waals surface area contributed by atoms with Gasteiger partial charge in [-0.15, -0.1) is 5.10 Å². The summed E-state index contributed by atoms with van der Waals surface area (Å²) in [7, 11) is 0. The van der Waals surface area contributed by atoms with E-state index in [-0.39, 0.29) is 10.7 Å². The minimum atomic E-state index is -0.662. The highest BCUT2D eigenvalue weighted by Crippen LogP contribution is 2.23. The van der Waals surface area contributed by atoms with Crippen LogP contribution in [0.5, 0.6) is 0 Å². The van der Waals surface area contributed by atoms with Crippen molar-refractivity contribution in [2.24, 2.45) is 0 Å². The molecule has 1 heterocycles. The van der Waals surface area contributed by atoms with Gasteiger partial charge in [0.1, 0.15) is 6.33 Å². The highest BCUT2D eigenvalue weighted by molar-refractivity contribution is 6.31. The van der Waals surface area contributed by atoms with Gasteiger partial charge in [-0.1, -0.05) is 17.7 Å². The van der Waals surface area contributed by atoms with Crippen molar-refractivity contribution < 1.29 is 9.18 Å². The molecule has 0 aliphatic rings. The smallest absolute Gasteiger partial charge is 0.255 e. The third kappa shape index (κ3) is 3.04. The lowest BCUT2D eigenvalue weighted by molar-refractivity contribution is 0.102. The molecule has 0 aliphatic carbocycles. The largest absolute Gasteiger partial charge is 0.319 e. The quantitative estimate of drug-likeness (QED) is 0.800. The second-order valence-electron chi connectivity index (χ2n) is 4.81. The van der Waals surface area contributed by atoms with E-state index in [9.17, 15) is 9.18 Å². The molecule has 2 aromatic carbocycles. The lowest BCUT2D eigenvalue weighted by Crippen LogP contribution is -2.13. The Balaban J connectivity index is 1.86. The van der Waals surface area contributed by atoms with Crippen LogP contribution < -0.4 is 5.32 Å². The van der Waals surface area contributed by atoms with Crippen molar-refractivity contribution in [3.63, 3.8) is 0 Å². The molecule has 0 radical (unpaired) electrons. The first-order valence-electron chi connectivity index (χ1n) is 6.65. The Morgan fingerprint density at radius 2 is 2.13 bits per heavy atom. The minimum Gasteiger partial charge on any atom is -0.319 e. The van der Waals surface area contributed by atoms with Gasteiger partial charge in [-0.2, -0.15) is 0 Å². The van der Waals surface area contributed by atoms with Crippen molar-refractivity contribution in [2.45, 2.75) is 6.92 Å². The zero-order valence-corrected chi connectivity index (χ0v) is 12.8. The average Bonchev–Trinajstić information content (AvgIpc) is 3.05. The Morgan fingerprint density at radius 3 is 2.83 bits per heavy atom. The molecule has 0 spiro atoms. The first kappa shape index (κ1) is 15.1. The average molecular weight is 332 g/mol. The maximum atomic E-state index is 13.8. The van der Waals surface area contributed by atoms with E-state index in [1.54, 1.807) is 24.3 Å². The third-order valence-corrected chi connectivity index (χ3v) is 3.55. The van der Waals surface area contributed by atoms with Crippen LogP contribution in [-0.4, -0.2) is 26.1 Å². The molecule has 3 rings (SSSR count). The fourth-order valence-corrected chi connectivity index (χ4v) is 2.29. The van der Waals surface area contributed by atoms with E-state index < -0.39 is 11.7 Å². The standard InChI is InChI=1S/C15H11ClFN5O/c1-9-7-10(5-6-13(9)22-8-18-20-21-22)15(23)19-12-4-2-3-11(16)14(12)17/h2-8H,1H3,(H,19,23). The number of halogens is 2. The van der Waals surface area contributed by atoms with E-state index in [1.807, 2.05) is 6.92 Å². The number of amides is 1. The topological polar surface area (TPSA) is 72.7 Å². The molecule has 0 fully saturated rings. The number of aromatic nitrogens is 4. The van der Waals surface area contributed by atoms with E-state index in [4.69, 9.17) is 11.6 Å². The molecule has 1 amide bonds. The molecule has 23 heavy (non-hydrogen) atoms. The second-order valence-corrected chi connectivity index (χ2v) is 5.22. The number of benzene rings is 2. The lowest BCUT2D eigenvalue weighted by atomic mass is 10.1. The van der Waals surface area contributed by atoms with Gasteiger partial charge >= 0.3 is 0 Å². The summed E-state index contributed by atoms with van der Waals surface area (Å²) in [5.74, 6) is -1.10. The summed E-state index contributed by atoms with van der Waals surface area (Å²) in [4.78, 5) is 12.3. The van der Waals surface area contributed by atoms with E-state index in [2.05, 4.69) is 20.8 Å². The molecule has 0 atom stereocenters. The van der Waals surface area contributed by atoms with E-state index in [0.717, 1.165) is 11.3 Å². The van der Waals surface area contributed by atoms with Crippen molar-refractivity contribution in [3.8, 4) is 5.69 Å². The number of hydrogen-bond donors (Lipinski definition) is 1. The van der Waals surface area contributed by atoms with E-state index in [1.165, 1.54) is 23.1 Å². The highest BCUT2D eigenvalue weighted by Gasteiger charge is 2.13. The van der Waals surface area contributed by atoms with Crippen LogP contribution >= 0.6 is 11.6 Å². The molecule has 8 heteroatoms. The van der Waals surface area contributed by atoms with Gasteiger partial charge in [0, 0.05) is 5.56 Å². The molecule has 1 aromatic heterocycles. The fraction of sp³-hybridized carbons (Fsp3) is 0.0667. The van der Waals surface area contributed by atoms with Crippen LogP contribution in [0.15, 0.2) is 42.7 Å². The summed E-state index contributed by atoms with van der Waals surface area (Å²) in [6.45, 7) is 1.83. The van der Waals surface area contributed by atoms with Crippen LogP contribution in [0.4, 0.5) is 10.1 Å². The Morgan fingerprint density at radius 1 is 1.30 bits per heavy atom. The maximum absolute atomic E-state index is 13.8. The van der Waals surface area contributed by atoms with Gasteiger partial charge in [0.2, 0.25) is 0 Å². The van der Waals surface area contributed by atoms with Crippen molar-refractivity contribution in [3.05, 3.63) is 64.7 Å². The van der Waals surface area contributed by atoms with Crippen LogP contribution in [0, 0.1) is 12.7 Å². The lowest BCUT2D eigenvalue weighted by Gasteiger charge is -2.09. The van der Waals surface area contributed by atoms with Crippen LogP contribution in [0.25, 0.3) is 5.69 Å². The first-order chi connectivity index (χ1) is 11.1. The predicted molar refractivity (Wildman–Crippen MR) is 83.3 cm³/mol. The van der Waals surface area contributed by atoms with Gasteiger partial charge in [-0.3, -0.25) is 4.79 Å². The Kier molecular flexibility index (Phi) is 4.03. The Labute approximate surface area is 135 Å². The first-order valence-corrected chi connectivity index (χ1v) is 7.03. The molecule has 0 aliphatic heterocycles.